The Morgan fingerprint density at radius 2 is 1.86 bits per heavy atom. The van der Waals surface area contributed by atoms with E-state index in [2.05, 4.69) is 71.1 Å². The van der Waals surface area contributed by atoms with Crippen molar-refractivity contribution in [1.82, 2.24) is 5.32 Å². The SMILES string of the molecule is CCCc1cccc(C(NCC)C(OCC)C(C)(C)C)c1. The van der Waals surface area contributed by atoms with Crippen LogP contribution in [0.4, 0.5) is 0 Å². The van der Waals surface area contributed by atoms with Gasteiger partial charge in [0.05, 0.1) is 12.1 Å². The molecule has 1 N–H and O–H groups in total. The molecule has 120 valence electrons. The number of aryl methyl sites for hydroxylation is 1. The van der Waals surface area contributed by atoms with Gasteiger partial charge >= 0.3 is 0 Å². The van der Waals surface area contributed by atoms with Gasteiger partial charge < -0.3 is 10.1 Å². The van der Waals surface area contributed by atoms with E-state index in [9.17, 15) is 0 Å². The first-order chi connectivity index (χ1) is 9.93. The molecule has 1 aromatic carbocycles. The Bertz CT molecular complexity index is 408. The maximum atomic E-state index is 6.11. The summed E-state index contributed by atoms with van der Waals surface area (Å²) in [7, 11) is 0. The lowest BCUT2D eigenvalue weighted by Crippen LogP contribution is -2.42. The van der Waals surface area contributed by atoms with E-state index in [-0.39, 0.29) is 17.6 Å². The predicted octanol–water partition coefficient (Wildman–Crippen LogP) is 4.74. The van der Waals surface area contributed by atoms with Crippen LogP contribution in [0.15, 0.2) is 24.3 Å². The van der Waals surface area contributed by atoms with Crippen LogP contribution in [0.3, 0.4) is 0 Å². The van der Waals surface area contributed by atoms with E-state index in [0.29, 0.717) is 0 Å². The van der Waals surface area contributed by atoms with Gasteiger partial charge in [-0.15, -0.1) is 0 Å². The molecule has 1 aromatic rings. The zero-order chi connectivity index (χ0) is 15.9. The lowest BCUT2D eigenvalue weighted by atomic mass is 9.81. The molecule has 0 radical (unpaired) electrons. The van der Waals surface area contributed by atoms with Crippen LogP contribution in [0, 0.1) is 5.41 Å². The largest absolute Gasteiger partial charge is 0.376 e. The number of hydrogen-bond donors (Lipinski definition) is 1. The Labute approximate surface area is 131 Å². The van der Waals surface area contributed by atoms with E-state index in [4.69, 9.17) is 4.74 Å². The van der Waals surface area contributed by atoms with Gasteiger partial charge in [-0.25, -0.2) is 0 Å². The first-order valence-corrected chi connectivity index (χ1v) is 8.37. The van der Waals surface area contributed by atoms with Crippen molar-refractivity contribution >= 4 is 0 Å². The summed E-state index contributed by atoms with van der Waals surface area (Å²) in [4.78, 5) is 0. The van der Waals surface area contributed by atoms with Crippen molar-refractivity contribution in [2.75, 3.05) is 13.2 Å². The fraction of sp³-hybridized carbons (Fsp3) is 0.684. The van der Waals surface area contributed by atoms with Gasteiger partial charge in [0, 0.05) is 6.61 Å². The number of likely N-dealkylation sites (N-methyl/N-ethyl adjacent to an activating group) is 1. The second-order valence-corrected chi connectivity index (χ2v) is 6.77. The molecule has 1 rings (SSSR count). The number of benzene rings is 1. The van der Waals surface area contributed by atoms with E-state index in [1.165, 1.54) is 17.5 Å². The number of nitrogens with one attached hydrogen (secondary N) is 1. The Hall–Kier alpha value is -0.860. The van der Waals surface area contributed by atoms with Gasteiger partial charge in [0.15, 0.2) is 0 Å². The Morgan fingerprint density at radius 1 is 1.14 bits per heavy atom. The van der Waals surface area contributed by atoms with E-state index in [1.54, 1.807) is 0 Å². The average Bonchev–Trinajstić information content (AvgIpc) is 2.42. The second kappa shape index (κ2) is 8.55. The van der Waals surface area contributed by atoms with Gasteiger partial charge in [-0.3, -0.25) is 0 Å². The summed E-state index contributed by atoms with van der Waals surface area (Å²) in [5.41, 5.74) is 2.86. The molecule has 21 heavy (non-hydrogen) atoms. The minimum absolute atomic E-state index is 0.101. The van der Waals surface area contributed by atoms with Crippen molar-refractivity contribution < 1.29 is 4.74 Å². The molecule has 0 heterocycles. The van der Waals surface area contributed by atoms with Crippen LogP contribution >= 0.6 is 0 Å². The summed E-state index contributed by atoms with van der Waals surface area (Å²) >= 11 is 0. The van der Waals surface area contributed by atoms with Crippen LogP contribution in [0.1, 0.15) is 65.1 Å². The molecule has 2 nitrogen and oxygen atoms in total. The Kier molecular flexibility index (Phi) is 7.41. The zero-order valence-corrected chi connectivity index (χ0v) is 14.7. The quantitative estimate of drug-likeness (QED) is 0.747. The minimum Gasteiger partial charge on any atom is -0.376 e. The van der Waals surface area contributed by atoms with Gasteiger partial charge in [-0.1, -0.05) is 65.3 Å². The molecule has 0 bridgehead atoms. The van der Waals surface area contributed by atoms with Gasteiger partial charge in [0.2, 0.25) is 0 Å². The number of hydrogen-bond acceptors (Lipinski definition) is 2. The normalized spacial score (nSPS) is 15.0. The monoisotopic (exact) mass is 291 g/mol. The highest BCUT2D eigenvalue weighted by molar-refractivity contribution is 5.27. The van der Waals surface area contributed by atoms with Crippen molar-refractivity contribution in [1.29, 1.82) is 0 Å². The highest BCUT2D eigenvalue weighted by atomic mass is 16.5. The fourth-order valence-corrected chi connectivity index (χ4v) is 2.88. The third kappa shape index (κ3) is 5.44. The van der Waals surface area contributed by atoms with Gasteiger partial charge in [-0.05, 0) is 36.4 Å². The Balaban J connectivity index is 3.11. The molecule has 0 saturated heterocycles. The molecule has 0 aliphatic carbocycles. The first kappa shape index (κ1) is 18.2. The van der Waals surface area contributed by atoms with Crippen LogP contribution in [0.2, 0.25) is 0 Å². The smallest absolute Gasteiger partial charge is 0.0817 e. The molecule has 2 unspecified atom stereocenters. The molecule has 0 fully saturated rings. The van der Waals surface area contributed by atoms with Crippen LogP contribution in [0.5, 0.6) is 0 Å². The third-order valence-electron chi connectivity index (χ3n) is 3.78. The van der Waals surface area contributed by atoms with E-state index >= 15 is 0 Å². The molecule has 0 aliphatic rings. The maximum absolute atomic E-state index is 6.11. The van der Waals surface area contributed by atoms with Crippen molar-refractivity contribution in [3.8, 4) is 0 Å². The van der Waals surface area contributed by atoms with Crippen LogP contribution < -0.4 is 5.32 Å². The summed E-state index contributed by atoms with van der Waals surface area (Å²) in [5, 5.41) is 3.63. The fourth-order valence-electron chi connectivity index (χ4n) is 2.88. The highest BCUT2D eigenvalue weighted by Crippen LogP contribution is 2.33. The molecular formula is C19H33NO. The lowest BCUT2D eigenvalue weighted by molar-refractivity contribution is -0.0363. The predicted molar refractivity (Wildman–Crippen MR) is 91.7 cm³/mol. The van der Waals surface area contributed by atoms with Crippen LogP contribution in [-0.2, 0) is 11.2 Å². The van der Waals surface area contributed by atoms with Crippen LogP contribution in [-0.4, -0.2) is 19.3 Å². The van der Waals surface area contributed by atoms with E-state index < -0.39 is 0 Å². The number of ether oxygens (including phenoxy) is 1. The summed E-state index contributed by atoms with van der Waals surface area (Å²) in [6.07, 6.45) is 2.49. The molecule has 2 heteroatoms. The van der Waals surface area contributed by atoms with Gasteiger partial charge in [0.1, 0.15) is 0 Å². The van der Waals surface area contributed by atoms with Gasteiger partial charge in [-0.2, -0.15) is 0 Å². The number of rotatable bonds is 8. The zero-order valence-electron chi connectivity index (χ0n) is 14.7. The lowest BCUT2D eigenvalue weighted by Gasteiger charge is -2.37. The molecule has 0 aliphatic heterocycles. The second-order valence-electron chi connectivity index (χ2n) is 6.77. The summed E-state index contributed by atoms with van der Waals surface area (Å²) in [5.74, 6) is 0. The maximum Gasteiger partial charge on any atom is 0.0817 e. The summed E-state index contributed by atoms with van der Waals surface area (Å²) in [6, 6.07) is 9.21. The van der Waals surface area contributed by atoms with Crippen molar-refractivity contribution in [2.45, 2.75) is 66.5 Å². The molecule has 0 aromatic heterocycles. The van der Waals surface area contributed by atoms with Crippen LogP contribution in [0.25, 0.3) is 0 Å². The summed E-state index contributed by atoms with van der Waals surface area (Å²) < 4.78 is 6.11. The van der Waals surface area contributed by atoms with Crippen molar-refractivity contribution in [2.24, 2.45) is 5.41 Å². The molecule has 2 atom stereocenters. The molecular weight excluding hydrogens is 258 g/mol. The van der Waals surface area contributed by atoms with Gasteiger partial charge in [0.25, 0.3) is 0 Å². The Morgan fingerprint density at radius 3 is 2.38 bits per heavy atom. The molecule has 0 spiro atoms. The standard InChI is InChI=1S/C19H33NO/c1-7-11-15-12-10-13-16(14-15)17(20-8-2)18(21-9-3)19(4,5)6/h10,12-14,17-18,20H,7-9,11H2,1-6H3. The van der Waals surface area contributed by atoms with E-state index in [0.717, 1.165) is 19.6 Å². The van der Waals surface area contributed by atoms with Crippen molar-refractivity contribution in [3.63, 3.8) is 0 Å². The molecule has 0 amide bonds. The minimum atomic E-state index is 0.101. The topological polar surface area (TPSA) is 21.3 Å². The highest BCUT2D eigenvalue weighted by Gasteiger charge is 2.33. The molecule has 0 saturated carbocycles. The van der Waals surface area contributed by atoms with Crippen molar-refractivity contribution in [3.05, 3.63) is 35.4 Å². The average molecular weight is 291 g/mol. The summed E-state index contributed by atoms with van der Waals surface area (Å²) in [6.45, 7) is 14.9. The third-order valence-corrected chi connectivity index (χ3v) is 3.78. The first-order valence-electron chi connectivity index (χ1n) is 8.37. The van der Waals surface area contributed by atoms with E-state index in [1.807, 2.05) is 0 Å².